The molecule has 0 saturated heterocycles. The maximum Gasteiger partial charge on any atom is 0.416 e. The van der Waals surface area contributed by atoms with Crippen LogP contribution in [0, 0.1) is 0 Å². The summed E-state index contributed by atoms with van der Waals surface area (Å²) in [5.41, 5.74) is 5.13. The monoisotopic (exact) mass is 390 g/mol. The number of aromatic nitrogens is 3. The van der Waals surface area contributed by atoms with Gasteiger partial charge < -0.3 is 10.8 Å². The van der Waals surface area contributed by atoms with Crippen molar-refractivity contribution in [2.45, 2.75) is 44.7 Å². The molecule has 28 heavy (non-hydrogen) atoms. The summed E-state index contributed by atoms with van der Waals surface area (Å²) >= 11 is 0. The number of pyridine rings is 1. The molecular formula is C20H21F3N4O. The third-order valence-corrected chi connectivity index (χ3v) is 4.69. The third-order valence-electron chi connectivity index (χ3n) is 4.69. The van der Waals surface area contributed by atoms with Gasteiger partial charge in [0, 0.05) is 28.7 Å². The van der Waals surface area contributed by atoms with Crippen LogP contribution in [-0.4, -0.2) is 20.3 Å². The van der Waals surface area contributed by atoms with Crippen LogP contribution in [-0.2, 0) is 6.18 Å². The number of halogens is 3. The Bertz CT molecular complexity index is 944. The summed E-state index contributed by atoms with van der Waals surface area (Å²) in [5.74, 6) is -0.384. The number of nitrogens with two attached hydrogens (primary N) is 1. The molecule has 0 radical (unpaired) electrons. The Morgan fingerprint density at radius 3 is 2.11 bits per heavy atom. The molecule has 3 N–H and O–H groups in total. The molecule has 8 heteroatoms. The van der Waals surface area contributed by atoms with Crippen LogP contribution in [0.2, 0.25) is 0 Å². The van der Waals surface area contributed by atoms with Gasteiger partial charge in [-0.1, -0.05) is 38.5 Å². The fourth-order valence-corrected chi connectivity index (χ4v) is 3.18. The number of alkyl halides is 3. The van der Waals surface area contributed by atoms with Gasteiger partial charge in [0.25, 0.3) is 0 Å². The number of anilines is 1. The molecule has 0 aliphatic heterocycles. The minimum atomic E-state index is -4.53. The average molecular weight is 390 g/mol. The van der Waals surface area contributed by atoms with Crippen LogP contribution < -0.4 is 5.73 Å². The third kappa shape index (κ3) is 4.49. The Kier molecular flexibility index (Phi) is 5.96. The molecule has 4 rings (SSSR count). The fraction of sp³-hybridized carbons (Fsp3) is 0.350. The first-order valence-corrected chi connectivity index (χ1v) is 9.14. The first kappa shape index (κ1) is 19.9. The number of aromatic hydroxyl groups is 1. The molecule has 1 fully saturated rings. The van der Waals surface area contributed by atoms with Gasteiger partial charge in [-0.25, -0.2) is 0 Å². The van der Waals surface area contributed by atoms with Crippen molar-refractivity contribution in [3.8, 4) is 17.0 Å². The molecule has 0 unspecified atom stereocenters. The van der Waals surface area contributed by atoms with Gasteiger partial charge in [-0.2, -0.15) is 13.2 Å². The van der Waals surface area contributed by atoms with Crippen molar-refractivity contribution in [2.75, 3.05) is 5.73 Å². The zero-order valence-corrected chi connectivity index (χ0v) is 15.2. The molecule has 5 nitrogen and oxygen atoms in total. The van der Waals surface area contributed by atoms with Crippen LogP contribution in [0.1, 0.15) is 44.1 Å². The van der Waals surface area contributed by atoms with Crippen molar-refractivity contribution >= 4 is 16.6 Å². The van der Waals surface area contributed by atoms with E-state index in [1.807, 2.05) is 0 Å². The Hall–Kier alpha value is -2.90. The van der Waals surface area contributed by atoms with Crippen LogP contribution in [0.4, 0.5) is 19.0 Å². The first-order valence-electron chi connectivity index (χ1n) is 9.14. The summed E-state index contributed by atoms with van der Waals surface area (Å²) in [5, 5.41) is 18.6. The van der Waals surface area contributed by atoms with Crippen molar-refractivity contribution in [1.29, 1.82) is 0 Å². The van der Waals surface area contributed by atoms with E-state index in [9.17, 15) is 18.3 Å². The number of benzene rings is 1. The zero-order chi connectivity index (χ0) is 20.1. The summed E-state index contributed by atoms with van der Waals surface area (Å²) in [6.07, 6.45) is 7.44. The summed E-state index contributed by atoms with van der Waals surface area (Å²) < 4.78 is 37.9. The van der Waals surface area contributed by atoms with E-state index in [4.69, 9.17) is 5.73 Å². The summed E-state index contributed by atoms with van der Waals surface area (Å²) in [4.78, 5) is 3.92. The highest BCUT2D eigenvalue weighted by molar-refractivity contribution is 5.99. The highest BCUT2D eigenvalue weighted by atomic mass is 19.4. The van der Waals surface area contributed by atoms with Crippen molar-refractivity contribution in [3.05, 3.63) is 42.2 Å². The van der Waals surface area contributed by atoms with Gasteiger partial charge in [-0.3, -0.25) is 4.98 Å². The summed E-state index contributed by atoms with van der Waals surface area (Å²) in [7, 11) is 0. The predicted octanol–water partition coefficient (Wildman–Crippen LogP) is 5.34. The van der Waals surface area contributed by atoms with E-state index < -0.39 is 17.5 Å². The Morgan fingerprint density at radius 1 is 0.893 bits per heavy atom. The molecule has 148 valence electrons. The van der Waals surface area contributed by atoms with E-state index in [1.54, 1.807) is 6.07 Å². The second-order valence-electron chi connectivity index (χ2n) is 6.71. The molecular weight excluding hydrogens is 369 g/mol. The molecule has 0 amide bonds. The summed E-state index contributed by atoms with van der Waals surface area (Å²) in [6.45, 7) is 0. The lowest BCUT2D eigenvalue weighted by molar-refractivity contribution is -0.137. The maximum absolute atomic E-state index is 12.6. The topological polar surface area (TPSA) is 84.9 Å². The van der Waals surface area contributed by atoms with E-state index in [0.29, 0.717) is 16.8 Å². The number of nitrogen functional groups attached to an aromatic ring is 1. The molecule has 3 aromatic rings. The quantitative estimate of drug-likeness (QED) is 0.586. The first-order chi connectivity index (χ1) is 13.4. The number of rotatable bonds is 1. The predicted molar refractivity (Wildman–Crippen MR) is 102 cm³/mol. The van der Waals surface area contributed by atoms with Gasteiger partial charge >= 0.3 is 6.18 Å². The normalized spacial score (nSPS) is 14.4. The Balaban J connectivity index is 0.000000320. The van der Waals surface area contributed by atoms with E-state index >= 15 is 0 Å². The van der Waals surface area contributed by atoms with Gasteiger partial charge in [-0.15, -0.1) is 10.2 Å². The van der Waals surface area contributed by atoms with E-state index in [-0.39, 0.29) is 17.1 Å². The fourth-order valence-electron chi connectivity index (χ4n) is 3.18. The van der Waals surface area contributed by atoms with Crippen molar-refractivity contribution in [1.82, 2.24) is 15.2 Å². The minimum Gasteiger partial charge on any atom is -0.507 e. The minimum absolute atomic E-state index is 0.136. The van der Waals surface area contributed by atoms with Gasteiger partial charge in [0.15, 0.2) is 5.82 Å². The van der Waals surface area contributed by atoms with Gasteiger partial charge in [0.05, 0.1) is 5.56 Å². The van der Waals surface area contributed by atoms with Crippen molar-refractivity contribution < 1.29 is 18.3 Å². The molecule has 0 bridgehead atoms. The standard InChI is InChI=1S/C14H9F3N4O.C6H12/c15-14(16,17)7-1-2-9(11(22)5-7)12-8-3-4-19-6-10(8)13(18)21-20-12;1-2-4-6-5-3-1/h1-6,22H,(H2,18,21);1-6H2. The molecule has 0 spiro atoms. The average Bonchev–Trinajstić information content (AvgIpc) is 2.70. The van der Waals surface area contributed by atoms with Crippen LogP contribution in [0.25, 0.3) is 22.0 Å². The smallest absolute Gasteiger partial charge is 0.416 e. The SMILES string of the molecule is C1CCCCC1.Nc1nnc(-c2ccc(C(F)(F)F)cc2O)c2ccncc12. The lowest BCUT2D eigenvalue weighted by Gasteiger charge is -2.11. The molecule has 0 atom stereocenters. The van der Waals surface area contributed by atoms with Gasteiger partial charge in [-0.05, 0) is 24.3 Å². The molecule has 1 saturated carbocycles. The zero-order valence-electron chi connectivity index (χ0n) is 15.2. The van der Waals surface area contributed by atoms with E-state index in [1.165, 1.54) is 50.9 Å². The maximum atomic E-state index is 12.6. The number of phenols is 1. The highest BCUT2D eigenvalue weighted by Crippen LogP contribution is 2.38. The van der Waals surface area contributed by atoms with Crippen LogP contribution >= 0.6 is 0 Å². The second kappa shape index (κ2) is 8.41. The Labute approximate surface area is 160 Å². The number of fused-ring (bicyclic) bond motifs is 1. The highest BCUT2D eigenvalue weighted by Gasteiger charge is 2.31. The number of phenolic OH excluding ortho intramolecular Hbond substituents is 1. The lowest BCUT2D eigenvalue weighted by Crippen LogP contribution is -2.04. The molecule has 2 heterocycles. The number of nitrogens with zero attached hydrogens (tertiary/aromatic N) is 3. The second-order valence-corrected chi connectivity index (χ2v) is 6.71. The van der Waals surface area contributed by atoms with Crippen LogP contribution in [0.5, 0.6) is 5.75 Å². The number of hydrogen-bond acceptors (Lipinski definition) is 5. The lowest BCUT2D eigenvalue weighted by atomic mass is 10.0. The van der Waals surface area contributed by atoms with E-state index in [2.05, 4.69) is 15.2 Å². The summed E-state index contributed by atoms with van der Waals surface area (Å²) in [6, 6.07) is 4.28. The van der Waals surface area contributed by atoms with Gasteiger partial charge in [0.1, 0.15) is 11.4 Å². The van der Waals surface area contributed by atoms with Crippen molar-refractivity contribution in [2.24, 2.45) is 0 Å². The Morgan fingerprint density at radius 2 is 1.54 bits per heavy atom. The molecule has 1 aromatic carbocycles. The molecule has 2 aromatic heterocycles. The largest absolute Gasteiger partial charge is 0.507 e. The van der Waals surface area contributed by atoms with Crippen LogP contribution in [0.3, 0.4) is 0 Å². The van der Waals surface area contributed by atoms with E-state index in [0.717, 1.165) is 12.1 Å². The molecule has 1 aliphatic rings. The molecule has 1 aliphatic carbocycles. The van der Waals surface area contributed by atoms with Crippen molar-refractivity contribution in [3.63, 3.8) is 0 Å². The van der Waals surface area contributed by atoms with Gasteiger partial charge in [0.2, 0.25) is 0 Å². The number of hydrogen-bond donors (Lipinski definition) is 2. The van der Waals surface area contributed by atoms with Crippen LogP contribution in [0.15, 0.2) is 36.7 Å².